The third kappa shape index (κ3) is 10.4. The summed E-state index contributed by atoms with van der Waals surface area (Å²) in [5, 5.41) is 0.703. The number of methoxy groups -OCH3 is 1. The number of fused-ring (bicyclic) bond motifs is 3. The normalized spacial score (nSPS) is 28.2. The van der Waals surface area contributed by atoms with Crippen molar-refractivity contribution in [1.82, 2.24) is 14.5 Å². The molecule has 2 fully saturated rings. The van der Waals surface area contributed by atoms with Gasteiger partial charge < -0.3 is 28.9 Å². The summed E-state index contributed by atoms with van der Waals surface area (Å²) in [6.07, 6.45) is 8.94. The zero-order valence-corrected chi connectivity index (χ0v) is 35.2. The molecule has 306 valence electrons. The summed E-state index contributed by atoms with van der Waals surface area (Å²) < 4.78 is 39.8. The summed E-state index contributed by atoms with van der Waals surface area (Å²) in [4.78, 5) is 46.2. The first kappa shape index (κ1) is 41.8. The molecule has 0 spiro atoms. The van der Waals surface area contributed by atoms with Crippen molar-refractivity contribution in [2.75, 3.05) is 50.5 Å². The fourth-order valence-corrected chi connectivity index (χ4v) is 10.2. The predicted molar refractivity (Wildman–Crippen MR) is 220 cm³/mol. The van der Waals surface area contributed by atoms with Gasteiger partial charge in [-0.3, -0.25) is 9.52 Å². The molecule has 2 aromatic rings. The summed E-state index contributed by atoms with van der Waals surface area (Å²) in [6, 6.07) is 10.4. The van der Waals surface area contributed by atoms with Crippen LogP contribution in [0.2, 0.25) is 5.02 Å². The molecule has 4 aliphatic rings. The number of ether oxygens (including phenoxy) is 3. The number of nitrogens with one attached hydrogen (secondary N) is 1. The summed E-state index contributed by atoms with van der Waals surface area (Å²) in [6.45, 7) is 11.7. The van der Waals surface area contributed by atoms with E-state index in [0.717, 1.165) is 43.4 Å². The zero-order valence-electron chi connectivity index (χ0n) is 33.6. The largest absolute Gasteiger partial charge is 0.491 e. The van der Waals surface area contributed by atoms with E-state index in [1.54, 1.807) is 24.1 Å². The second-order valence-electron chi connectivity index (χ2n) is 16.8. The van der Waals surface area contributed by atoms with Gasteiger partial charge >= 0.3 is 12.1 Å². The molecule has 1 saturated heterocycles. The first-order valence-electron chi connectivity index (χ1n) is 20.0. The van der Waals surface area contributed by atoms with Crippen LogP contribution in [0.25, 0.3) is 0 Å². The molecule has 4 amide bonds. The van der Waals surface area contributed by atoms with Crippen molar-refractivity contribution in [3.8, 4) is 5.75 Å². The topological polar surface area (TPSA) is 130 Å². The Morgan fingerprint density at radius 3 is 2.55 bits per heavy atom. The van der Waals surface area contributed by atoms with Crippen LogP contribution in [0.5, 0.6) is 5.75 Å². The van der Waals surface area contributed by atoms with Crippen LogP contribution in [0.4, 0.5) is 15.3 Å². The number of rotatable bonds is 2. The van der Waals surface area contributed by atoms with E-state index in [0.29, 0.717) is 48.7 Å². The fraction of sp³-hybridized carbons (Fsp3) is 0.595. The van der Waals surface area contributed by atoms with E-state index < -0.39 is 33.5 Å². The molecule has 1 aliphatic carbocycles. The average Bonchev–Trinajstić information content (AvgIpc) is 3.14. The molecule has 1 unspecified atom stereocenters. The molecule has 12 nitrogen and oxygen atoms in total. The highest BCUT2D eigenvalue weighted by Gasteiger charge is 2.38. The molecule has 2 bridgehead atoms. The molecule has 14 heteroatoms. The third-order valence-corrected chi connectivity index (χ3v) is 13.4. The Balaban J connectivity index is 1.35. The van der Waals surface area contributed by atoms with Gasteiger partial charge in [0.05, 0.1) is 24.2 Å². The molecule has 0 aromatic heterocycles. The van der Waals surface area contributed by atoms with E-state index in [1.165, 1.54) is 10.5 Å². The number of carbonyl (C=O) groups excluding carboxylic acids is 3. The Bertz CT molecular complexity index is 1920. The SMILES string of the molecule is CO[C@H]1/C=C/C[C@H](C)CS(=O)(NC(=O)N2CCN(C(=O)OC(C)(C)C)[C@H](C)C2)=NC(=O)c2ccc3c(c2)N(Cc2ccc(Cl)cc2CCCCO3)C[C@@H]2CC[C@H]21. The molecule has 1 N–H and O–H groups in total. The van der Waals surface area contributed by atoms with Gasteiger partial charge in [-0.15, -0.1) is 4.36 Å². The van der Waals surface area contributed by atoms with E-state index in [4.69, 9.17) is 25.8 Å². The fourth-order valence-electron chi connectivity index (χ4n) is 8.11. The smallest absolute Gasteiger partial charge is 0.410 e. The highest BCUT2D eigenvalue weighted by molar-refractivity contribution is 7.92. The molecule has 0 radical (unpaired) electrons. The Hall–Kier alpha value is -3.81. The van der Waals surface area contributed by atoms with E-state index in [1.807, 2.05) is 46.8 Å². The lowest BCUT2D eigenvalue weighted by molar-refractivity contribution is 0.00552. The number of nitrogens with zero attached hydrogens (tertiary/aromatic N) is 4. The lowest BCUT2D eigenvalue weighted by Crippen LogP contribution is -2.58. The molecule has 3 heterocycles. The monoisotopic (exact) mass is 811 g/mol. The van der Waals surface area contributed by atoms with Crippen molar-refractivity contribution < 1.29 is 32.8 Å². The van der Waals surface area contributed by atoms with E-state index in [-0.39, 0.29) is 49.0 Å². The first-order chi connectivity index (χ1) is 26.6. The van der Waals surface area contributed by atoms with Crippen LogP contribution >= 0.6 is 11.6 Å². The average molecular weight is 812 g/mol. The van der Waals surface area contributed by atoms with Crippen LogP contribution in [-0.2, 0) is 32.4 Å². The first-order valence-corrected chi connectivity index (χ1v) is 22.0. The predicted octanol–water partition coefficient (Wildman–Crippen LogP) is 7.87. The van der Waals surface area contributed by atoms with Gasteiger partial charge in [-0.2, -0.15) is 0 Å². The summed E-state index contributed by atoms with van der Waals surface area (Å²) in [5.74, 6) is 0.403. The highest BCUT2D eigenvalue weighted by Crippen LogP contribution is 2.42. The minimum absolute atomic E-state index is 0.0362. The quantitative estimate of drug-likeness (QED) is 0.304. The Kier molecular flexibility index (Phi) is 13.3. The summed E-state index contributed by atoms with van der Waals surface area (Å²) >= 11 is 6.48. The van der Waals surface area contributed by atoms with Gasteiger partial charge in [-0.05, 0) is 125 Å². The van der Waals surface area contributed by atoms with Crippen molar-refractivity contribution in [1.29, 1.82) is 0 Å². The molecule has 3 aliphatic heterocycles. The molecule has 6 atom stereocenters. The molecular formula is C42H58ClN5O7S. The van der Waals surface area contributed by atoms with Gasteiger partial charge in [-0.25, -0.2) is 13.8 Å². The zero-order chi connectivity index (χ0) is 40.2. The standard InChI is InChI=1S/C42H58ClN5O7S/c1-28-10-9-12-37(53-6)35-17-14-33(35)26-47-25-32-13-16-34(43)22-30(32)11-7-8-21-54-38-18-15-31(23-36(38)47)39(49)44-56(52,27-28)45-40(50)46-19-20-48(29(2)24-46)41(51)55-42(3,4)5/h9,12-13,15-16,18,22-23,28-29,33,35,37H,7-8,10-11,14,17,19-21,24-27H2,1-6H3,(H,44,45,49,50,52)/b12-9+/t28-,29+,33-,35+,37-,56?/m0/s1. The lowest BCUT2D eigenvalue weighted by Gasteiger charge is -2.43. The number of amides is 4. The molecule has 2 aromatic carbocycles. The number of carbonyl (C=O) groups is 3. The number of benzene rings is 2. The third-order valence-electron chi connectivity index (χ3n) is 11.2. The number of aryl methyl sites for hydroxylation is 1. The van der Waals surface area contributed by atoms with Crippen LogP contribution in [0.1, 0.15) is 88.2 Å². The second kappa shape index (κ2) is 17.8. The Morgan fingerprint density at radius 1 is 1.04 bits per heavy atom. The van der Waals surface area contributed by atoms with E-state index >= 15 is 0 Å². The Labute approximate surface area is 337 Å². The highest BCUT2D eigenvalue weighted by atomic mass is 35.5. The number of hydrogen-bond donors (Lipinski definition) is 1. The number of halogens is 1. The van der Waals surface area contributed by atoms with Crippen LogP contribution in [0.3, 0.4) is 0 Å². The van der Waals surface area contributed by atoms with Gasteiger partial charge in [0, 0.05) is 56.5 Å². The van der Waals surface area contributed by atoms with Crippen molar-refractivity contribution in [3.63, 3.8) is 0 Å². The summed E-state index contributed by atoms with van der Waals surface area (Å²) in [7, 11) is -1.87. The van der Waals surface area contributed by atoms with Gasteiger partial charge in [-0.1, -0.05) is 36.7 Å². The number of allylic oxidation sites excluding steroid dienone is 1. The van der Waals surface area contributed by atoms with Crippen LogP contribution < -0.4 is 14.4 Å². The van der Waals surface area contributed by atoms with E-state index in [9.17, 15) is 18.6 Å². The molecule has 1 saturated carbocycles. The van der Waals surface area contributed by atoms with Gasteiger partial charge in [0.25, 0.3) is 5.91 Å². The van der Waals surface area contributed by atoms with Crippen molar-refractivity contribution >= 4 is 45.2 Å². The maximum Gasteiger partial charge on any atom is 0.410 e. The number of piperazine rings is 1. The van der Waals surface area contributed by atoms with Crippen LogP contribution in [0, 0.1) is 17.8 Å². The number of anilines is 1. The maximum atomic E-state index is 14.8. The van der Waals surface area contributed by atoms with Gasteiger partial charge in [0.15, 0.2) is 0 Å². The molecule has 6 rings (SSSR count). The lowest BCUT2D eigenvalue weighted by atomic mass is 9.70. The number of urea groups is 1. The minimum Gasteiger partial charge on any atom is -0.491 e. The maximum absolute atomic E-state index is 14.8. The number of hydrogen-bond acceptors (Lipinski definition) is 8. The summed E-state index contributed by atoms with van der Waals surface area (Å²) in [5.41, 5.74) is 2.72. The van der Waals surface area contributed by atoms with Crippen molar-refractivity contribution in [2.45, 2.75) is 97.4 Å². The van der Waals surface area contributed by atoms with E-state index in [2.05, 4.69) is 38.3 Å². The van der Waals surface area contributed by atoms with Gasteiger partial charge in [0.1, 0.15) is 21.3 Å². The van der Waals surface area contributed by atoms with Gasteiger partial charge in [0.2, 0.25) is 0 Å². The minimum atomic E-state index is -3.61. The van der Waals surface area contributed by atoms with Crippen molar-refractivity contribution in [2.24, 2.45) is 22.1 Å². The van der Waals surface area contributed by atoms with Crippen LogP contribution in [0.15, 0.2) is 52.9 Å². The molecule has 56 heavy (non-hydrogen) atoms. The second-order valence-corrected chi connectivity index (χ2v) is 19.3. The Morgan fingerprint density at radius 2 is 1.84 bits per heavy atom. The van der Waals surface area contributed by atoms with Crippen molar-refractivity contribution in [3.05, 3.63) is 70.3 Å². The van der Waals surface area contributed by atoms with Crippen LogP contribution in [-0.4, -0.2) is 95.4 Å². The molecular weight excluding hydrogens is 754 g/mol.